The summed E-state index contributed by atoms with van der Waals surface area (Å²) in [6.45, 7) is 3.75. The van der Waals surface area contributed by atoms with Crippen LogP contribution in [0.3, 0.4) is 0 Å². The quantitative estimate of drug-likeness (QED) is 0.811. The molecule has 1 N–H and O–H groups in total. The maximum atomic E-state index is 9.63. The zero-order valence-electron chi connectivity index (χ0n) is 8.88. The number of para-hydroxylation sites is 1. The van der Waals surface area contributed by atoms with Gasteiger partial charge in [-0.25, -0.2) is 4.68 Å². The lowest BCUT2D eigenvalue weighted by molar-refractivity contribution is 0.199. The molecule has 0 saturated heterocycles. The molecule has 3 nitrogen and oxygen atoms in total. The maximum absolute atomic E-state index is 9.63. The first-order valence-electron chi connectivity index (χ1n) is 4.97. The summed E-state index contributed by atoms with van der Waals surface area (Å²) >= 11 is 0. The first-order chi connectivity index (χ1) is 7.18. The van der Waals surface area contributed by atoms with Crippen LogP contribution in [0.25, 0.3) is 5.69 Å². The summed E-state index contributed by atoms with van der Waals surface area (Å²) in [6.07, 6.45) is 3.27. The van der Waals surface area contributed by atoms with Gasteiger partial charge in [-0.1, -0.05) is 18.2 Å². The van der Waals surface area contributed by atoms with Crippen LogP contribution in [0.1, 0.15) is 24.2 Å². The van der Waals surface area contributed by atoms with Gasteiger partial charge < -0.3 is 5.11 Å². The summed E-state index contributed by atoms with van der Waals surface area (Å²) in [6, 6.07) is 7.73. The predicted octanol–water partition coefficient (Wildman–Crippen LogP) is 2.23. The molecule has 1 aromatic heterocycles. The Morgan fingerprint density at radius 3 is 2.67 bits per heavy atom. The Morgan fingerprint density at radius 2 is 2.07 bits per heavy atom. The van der Waals surface area contributed by atoms with Crippen molar-refractivity contribution in [2.24, 2.45) is 0 Å². The van der Waals surface area contributed by atoms with Gasteiger partial charge in [0.05, 0.1) is 18.0 Å². The number of hydrogen-bond acceptors (Lipinski definition) is 2. The fourth-order valence-corrected chi connectivity index (χ4v) is 1.59. The lowest BCUT2D eigenvalue weighted by Gasteiger charge is -2.11. The largest absolute Gasteiger partial charge is 0.389 e. The first-order valence-corrected chi connectivity index (χ1v) is 4.97. The first kappa shape index (κ1) is 9.93. The van der Waals surface area contributed by atoms with E-state index in [9.17, 15) is 5.11 Å². The molecule has 0 fully saturated rings. The van der Waals surface area contributed by atoms with Crippen LogP contribution in [0.4, 0.5) is 0 Å². The van der Waals surface area contributed by atoms with Crippen LogP contribution in [-0.4, -0.2) is 14.9 Å². The summed E-state index contributed by atoms with van der Waals surface area (Å²) in [4.78, 5) is 0. The van der Waals surface area contributed by atoms with Gasteiger partial charge in [-0.15, -0.1) is 0 Å². The molecule has 0 bridgehead atoms. The molecule has 1 aromatic carbocycles. The van der Waals surface area contributed by atoms with Gasteiger partial charge in [0.25, 0.3) is 0 Å². The fourth-order valence-electron chi connectivity index (χ4n) is 1.59. The van der Waals surface area contributed by atoms with Crippen LogP contribution in [0.2, 0.25) is 0 Å². The molecule has 2 rings (SSSR count). The lowest BCUT2D eigenvalue weighted by Crippen LogP contribution is -2.02. The highest BCUT2D eigenvalue weighted by molar-refractivity contribution is 5.41. The van der Waals surface area contributed by atoms with Crippen molar-refractivity contribution in [2.75, 3.05) is 0 Å². The summed E-state index contributed by atoms with van der Waals surface area (Å²) in [7, 11) is 0. The number of aliphatic hydroxyl groups excluding tert-OH is 1. The Balaban J connectivity index is 2.52. The molecule has 0 aliphatic carbocycles. The highest BCUT2D eigenvalue weighted by atomic mass is 16.3. The summed E-state index contributed by atoms with van der Waals surface area (Å²) < 4.78 is 1.79. The van der Waals surface area contributed by atoms with Crippen molar-refractivity contribution in [3.05, 3.63) is 47.8 Å². The zero-order valence-corrected chi connectivity index (χ0v) is 8.88. The summed E-state index contributed by atoms with van der Waals surface area (Å²) in [5, 5.41) is 13.9. The normalized spacial score (nSPS) is 12.7. The number of hydrogen-bond donors (Lipinski definition) is 1. The van der Waals surface area contributed by atoms with Crippen LogP contribution in [-0.2, 0) is 0 Å². The molecular formula is C12H14N2O. The monoisotopic (exact) mass is 202 g/mol. The number of aryl methyl sites for hydroxylation is 1. The van der Waals surface area contributed by atoms with Crippen LogP contribution >= 0.6 is 0 Å². The molecule has 2 aromatic rings. The Kier molecular flexibility index (Phi) is 2.56. The third kappa shape index (κ3) is 1.92. The molecule has 0 saturated carbocycles. The van der Waals surface area contributed by atoms with Crippen LogP contribution in [0.15, 0.2) is 36.7 Å². The molecular weight excluding hydrogens is 188 g/mol. The average Bonchev–Trinajstić information content (AvgIpc) is 2.65. The van der Waals surface area contributed by atoms with Crippen LogP contribution in [0.5, 0.6) is 0 Å². The third-order valence-electron chi connectivity index (χ3n) is 2.35. The van der Waals surface area contributed by atoms with Crippen molar-refractivity contribution in [3.8, 4) is 5.69 Å². The van der Waals surface area contributed by atoms with Gasteiger partial charge in [-0.2, -0.15) is 5.10 Å². The second kappa shape index (κ2) is 3.87. The van der Waals surface area contributed by atoms with Crippen molar-refractivity contribution >= 4 is 0 Å². The van der Waals surface area contributed by atoms with E-state index in [0.717, 1.165) is 16.8 Å². The number of aromatic nitrogens is 2. The minimum absolute atomic E-state index is 0.481. The molecule has 15 heavy (non-hydrogen) atoms. The number of nitrogens with zero attached hydrogens (tertiary/aromatic N) is 2. The minimum atomic E-state index is -0.481. The molecule has 78 valence electrons. The van der Waals surface area contributed by atoms with E-state index in [1.54, 1.807) is 17.8 Å². The van der Waals surface area contributed by atoms with Crippen molar-refractivity contribution in [2.45, 2.75) is 20.0 Å². The van der Waals surface area contributed by atoms with E-state index in [1.165, 1.54) is 0 Å². The molecule has 0 spiro atoms. The van der Waals surface area contributed by atoms with E-state index in [-0.39, 0.29) is 0 Å². The van der Waals surface area contributed by atoms with Crippen molar-refractivity contribution in [1.82, 2.24) is 9.78 Å². The van der Waals surface area contributed by atoms with Gasteiger partial charge in [0, 0.05) is 11.8 Å². The van der Waals surface area contributed by atoms with Crippen LogP contribution < -0.4 is 0 Å². The minimum Gasteiger partial charge on any atom is -0.389 e. The van der Waals surface area contributed by atoms with Crippen molar-refractivity contribution in [1.29, 1.82) is 0 Å². The van der Waals surface area contributed by atoms with E-state index in [0.29, 0.717) is 0 Å². The van der Waals surface area contributed by atoms with Crippen molar-refractivity contribution in [3.63, 3.8) is 0 Å². The lowest BCUT2D eigenvalue weighted by atomic mass is 10.1. The Labute approximate surface area is 89.0 Å². The number of aliphatic hydroxyl groups is 1. The number of benzene rings is 1. The molecule has 3 heteroatoms. The maximum Gasteiger partial charge on any atom is 0.0782 e. The molecule has 0 unspecified atom stereocenters. The SMILES string of the molecule is Cc1cnn(-c2ccccc2[C@@H](C)O)c1. The Bertz CT molecular complexity index is 460. The summed E-state index contributed by atoms with van der Waals surface area (Å²) in [5.74, 6) is 0. The zero-order chi connectivity index (χ0) is 10.8. The van der Waals surface area contributed by atoms with E-state index in [4.69, 9.17) is 0 Å². The van der Waals surface area contributed by atoms with Gasteiger partial charge in [0.15, 0.2) is 0 Å². The van der Waals surface area contributed by atoms with Crippen molar-refractivity contribution < 1.29 is 5.11 Å². The van der Waals surface area contributed by atoms with Gasteiger partial charge >= 0.3 is 0 Å². The molecule has 0 radical (unpaired) electrons. The van der Waals surface area contributed by atoms with Gasteiger partial charge in [0.2, 0.25) is 0 Å². The molecule has 0 aliphatic rings. The van der Waals surface area contributed by atoms with E-state index in [2.05, 4.69) is 5.10 Å². The van der Waals surface area contributed by atoms with E-state index in [1.807, 2.05) is 37.4 Å². The van der Waals surface area contributed by atoms with Crippen LogP contribution in [0, 0.1) is 6.92 Å². The summed E-state index contributed by atoms with van der Waals surface area (Å²) in [5.41, 5.74) is 2.93. The van der Waals surface area contributed by atoms with Gasteiger partial charge in [-0.05, 0) is 25.5 Å². The molecule has 1 heterocycles. The second-order valence-electron chi connectivity index (χ2n) is 3.70. The highest BCUT2D eigenvalue weighted by Gasteiger charge is 2.08. The standard InChI is InChI=1S/C12H14N2O/c1-9-7-13-14(8-9)12-6-4-3-5-11(12)10(2)15/h3-8,10,15H,1-2H3/t10-/m1/s1. The number of rotatable bonds is 2. The Morgan fingerprint density at radius 1 is 1.33 bits per heavy atom. The van der Waals surface area contributed by atoms with Gasteiger partial charge in [-0.3, -0.25) is 0 Å². The van der Waals surface area contributed by atoms with E-state index >= 15 is 0 Å². The topological polar surface area (TPSA) is 38.0 Å². The fraction of sp³-hybridized carbons (Fsp3) is 0.250. The molecule has 0 amide bonds. The molecule has 1 atom stereocenters. The van der Waals surface area contributed by atoms with Gasteiger partial charge in [0.1, 0.15) is 0 Å². The van der Waals surface area contributed by atoms with E-state index < -0.39 is 6.10 Å². The Hall–Kier alpha value is -1.61. The second-order valence-corrected chi connectivity index (χ2v) is 3.70. The third-order valence-corrected chi connectivity index (χ3v) is 2.35. The highest BCUT2D eigenvalue weighted by Crippen LogP contribution is 2.20. The predicted molar refractivity (Wildman–Crippen MR) is 58.9 cm³/mol. The average molecular weight is 202 g/mol. The smallest absolute Gasteiger partial charge is 0.0782 e. The molecule has 0 aliphatic heterocycles.